The molecule has 13 nitrogen and oxygen atoms in total. The number of imidazole rings is 1. The van der Waals surface area contributed by atoms with Crippen molar-refractivity contribution >= 4 is 36.4 Å². The summed E-state index contributed by atoms with van der Waals surface area (Å²) >= 11 is 0. The van der Waals surface area contributed by atoms with E-state index in [1.165, 1.54) is 6.33 Å². The largest absolute Gasteiger partial charge is 0.461 e. The minimum absolute atomic E-state index is 0.140. The van der Waals surface area contributed by atoms with Gasteiger partial charge in [-0.2, -0.15) is 0 Å². The maximum Gasteiger partial charge on any atom is 0.332 e. The van der Waals surface area contributed by atoms with Gasteiger partial charge in [-0.25, -0.2) is 24.8 Å². The molecule has 0 spiro atoms. The summed E-state index contributed by atoms with van der Waals surface area (Å²) in [6.07, 6.45) is 4.13. The molecule has 2 aromatic heterocycles. The van der Waals surface area contributed by atoms with Gasteiger partial charge in [0.15, 0.2) is 18.1 Å². The van der Waals surface area contributed by atoms with Gasteiger partial charge in [0.25, 0.3) is 7.52 Å². The molecular weight excluding hydrogens is 491 g/mol. The van der Waals surface area contributed by atoms with E-state index in [9.17, 15) is 14.2 Å². The first-order chi connectivity index (χ1) is 16.9. The summed E-state index contributed by atoms with van der Waals surface area (Å²) in [6.45, 7) is 7.98. The summed E-state index contributed by atoms with van der Waals surface area (Å²) in [6, 6.07) is 0. The number of nitrogens with zero attached hydrogens (tertiary/aromatic N) is 4. The molecule has 36 heavy (non-hydrogen) atoms. The van der Waals surface area contributed by atoms with Gasteiger partial charge in [-0.05, 0) is 53.9 Å². The number of nitrogens with two attached hydrogens (primary N) is 1. The highest BCUT2D eigenvalue weighted by Gasteiger charge is 2.40. The number of hydrogen-bond acceptors (Lipinski definition) is 11. The van der Waals surface area contributed by atoms with Gasteiger partial charge in [0.2, 0.25) is 0 Å². The molecular formula is C22H35N6O7P. The predicted octanol–water partition coefficient (Wildman–Crippen LogP) is 2.40. The minimum Gasteiger partial charge on any atom is -0.461 e. The van der Waals surface area contributed by atoms with E-state index in [-0.39, 0.29) is 18.0 Å². The molecule has 3 rings (SSSR count). The first-order valence-corrected chi connectivity index (χ1v) is 13.7. The van der Waals surface area contributed by atoms with Crippen LogP contribution in [0.1, 0.15) is 53.9 Å². The van der Waals surface area contributed by atoms with E-state index >= 15 is 0 Å². The highest BCUT2D eigenvalue weighted by molar-refractivity contribution is 7.56. The average molecular weight is 527 g/mol. The Morgan fingerprint density at radius 1 is 1.25 bits per heavy atom. The molecule has 0 saturated heterocycles. The Morgan fingerprint density at radius 3 is 2.61 bits per heavy atom. The molecule has 3 N–H and O–H groups in total. The van der Waals surface area contributed by atoms with Crippen molar-refractivity contribution < 1.29 is 32.9 Å². The Kier molecular flexibility index (Phi) is 9.04. The summed E-state index contributed by atoms with van der Waals surface area (Å²) in [5, 5.41) is 2.75. The number of nitrogens with one attached hydrogen (secondary N) is 1. The fourth-order valence-electron chi connectivity index (χ4n) is 3.40. The maximum absolute atomic E-state index is 13.7. The van der Waals surface area contributed by atoms with Crippen LogP contribution in [0.25, 0.3) is 11.2 Å². The lowest BCUT2D eigenvalue weighted by Gasteiger charge is -2.33. The fourth-order valence-corrected chi connectivity index (χ4v) is 5.31. The van der Waals surface area contributed by atoms with Crippen LogP contribution in [-0.4, -0.2) is 68.3 Å². The number of esters is 2. The number of aromatic nitrogens is 4. The molecule has 1 aliphatic carbocycles. The Balaban J connectivity index is 1.67. The SMILES string of the molecule is CC(C)OC(=O)CO[P@@](=O)(CO[C@H](C)Cn1cnc2c(N)ncnc21)NC(C)(C)C(=O)OC1CCC1. The Hall–Kier alpha value is -2.60. The molecule has 1 aliphatic rings. The molecule has 1 saturated carbocycles. The van der Waals surface area contributed by atoms with Crippen LogP contribution < -0.4 is 10.8 Å². The van der Waals surface area contributed by atoms with Gasteiger partial charge >= 0.3 is 11.9 Å². The van der Waals surface area contributed by atoms with Crippen molar-refractivity contribution in [3.63, 3.8) is 0 Å². The van der Waals surface area contributed by atoms with Gasteiger partial charge in [0.1, 0.15) is 29.8 Å². The molecule has 2 heterocycles. The van der Waals surface area contributed by atoms with Crippen LogP contribution in [0.5, 0.6) is 0 Å². The van der Waals surface area contributed by atoms with Gasteiger partial charge in [-0.3, -0.25) is 9.36 Å². The summed E-state index contributed by atoms with van der Waals surface area (Å²) in [4.78, 5) is 37.1. The van der Waals surface area contributed by atoms with Crippen molar-refractivity contribution in [3.8, 4) is 0 Å². The molecule has 2 aromatic rings. The van der Waals surface area contributed by atoms with E-state index in [1.54, 1.807) is 45.5 Å². The van der Waals surface area contributed by atoms with Crippen LogP contribution in [0.3, 0.4) is 0 Å². The number of carbonyl (C=O) groups is 2. The molecule has 2 atom stereocenters. The summed E-state index contributed by atoms with van der Waals surface area (Å²) in [5.41, 5.74) is 5.48. The molecule has 0 radical (unpaired) electrons. The number of fused-ring (bicyclic) bond motifs is 1. The first kappa shape index (κ1) is 28.0. The van der Waals surface area contributed by atoms with Crippen molar-refractivity contribution in [2.75, 3.05) is 18.7 Å². The highest BCUT2D eigenvalue weighted by atomic mass is 31.2. The quantitative estimate of drug-likeness (QED) is 0.289. The summed E-state index contributed by atoms with van der Waals surface area (Å²) in [7, 11) is -3.87. The third-order valence-corrected chi connectivity index (χ3v) is 7.39. The molecule has 1 fully saturated rings. The average Bonchev–Trinajstić information content (AvgIpc) is 3.17. The number of carbonyl (C=O) groups excluding carboxylic acids is 2. The van der Waals surface area contributed by atoms with Crippen LogP contribution in [-0.2, 0) is 39.4 Å². The van der Waals surface area contributed by atoms with E-state index < -0.39 is 44.1 Å². The molecule has 0 unspecified atom stereocenters. The molecule has 0 aromatic carbocycles. The summed E-state index contributed by atoms with van der Waals surface area (Å²) in [5.74, 6) is -0.980. The molecule has 0 aliphatic heterocycles. The molecule has 14 heteroatoms. The van der Waals surface area contributed by atoms with E-state index in [2.05, 4.69) is 20.0 Å². The molecule has 0 amide bonds. The Morgan fingerprint density at radius 2 is 1.97 bits per heavy atom. The lowest BCUT2D eigenvalue weighted by Crippen LogP contribution is -2.48. The third-order valence-electron chi connectivity index (χ3n) is 5.46. The smallest absolute Gasteiger partial charge is 0.332 e. The third kappa shape index (κ3) is 7.45. The molecule has 200 valence electrons. The second-order valence-corrected chi connectivity index (χ2v) is 11.7. The van der Waals surface area contributed by atoms with Crippen molar-refractivity contribution in [2.24, 2.45) is 0 Å². The standard InChI is InChI=1S/C22H35N6O7P/c1-14(2)34-17(29)10-33-36(31,27-22(4,5)21(30)35-16-7-6-8-16)13-32-15(3)9-28-12-26-18-19(23)24-11-25-20(18)28/h11-12,14-16H,6-10,13H2,1-5H3,(H,27,31)(H2,23,24,25)/t15-,36+/m1/s1. The topological polar surface area (TPSA) is 170 Å². The van der Waals surface area contributed by atoms with Gasteiger partial charge < -0.3 is 29.0 Å². The number of nitrogen functional groups attached to an aromatic ring is 1. The van der Waals surface area contributed by atoms with Crippen LogP contribution >= 0.6 is 7.52 Å². The number of hydrogen-bond donors (Lipinski definition) is 2. The fraction of sp³-hybridized carbons (Fsp3) is 0.682. The van der Waals surface area contributed by atoms with Gasteiger partial charge in [0, 0.05) is 0 Å². The monoisotopic (exact) mass is 526 g/mol. The second-order valence-electron chi connectivity index (χ2n) is 9.61. The zero-order valence-corrected chi connectivity index (χ0v) is 22.2. The van der Waals surface area contributed by atoms with Crippen LogP contribution in [0.2, 0.25) is 0 Å². The zero-order valence-electron chi connectivity index (χ0n) is 21.3. The molecule has 0 bridgehead atoms. The van der Waals surface area contributed by atoms with E-state index in [4.69, 9.17) is 24.5 Å². The van der Waals surface area contributed by atoms with E-state index in [0.717, 1.165) is 19.3 Å². The normalized spacial score (nSPS) is 16.9. The van der Waals surface area contributed by atoms with Crippen LogP contribution in [0.4, 0.5) is 5.82 Å². The number of anilines is 1. The van der Waals surface area contributed by atoms with Crippen LogP contribution in [0, 0.1) is 0 Å². The maximum atomic E-state index is 13.7. The lowest BCUT2D eigenvalue weighted by molar-refractivity contribution is -0.159. The van der Waals surface area contributed by atoms with Crippen LogP contribution in [0.15, 0.2) is 12.7 Å². The van der Waals surface area contributed by atoms with Crippen molar-refractivity contribution in [1.82, 2.24) is 24.6 Å². The number of ether oxygens (including phenoxy) is 3. The van der Waals surface area contributed by atoms with Gasteiger partial charge in [0.05, 0.1) is 25.1 Å². The predicted molar refractivity (Wildman–Crippen MR) is 131 cm³/mol. The second kappa shape index (κ2) is 11.6. The Labute approximate surface area is 209 Å². The van der Waals surface area contributed by atoms with Crippen molar-refractivity contribution in [1.29, 1.82) is 0 Å². The number of rotatable bonds is 13. The van der Waals surface area contributed by atoms with Gasteiger partial charge in [-0.1, -0.05) is 0 Å². The van der Waals surface area contributed by atoms with Crippen molar-refractivity contribution in [2.45, 2.75) is 84.3 Å². The highest BCUT2D eigenvalue weighted by Crippen LogP contribution is 2.45. The van der Waals surface area contributed by atoms with Crippen molar-refractivity contribution in [3.05, 3.63) is 12.7 Å². The summed E-state index contributed by atoms with van der Waals surface area (Å²) < 4.78 is 37.3. The van der Waals surface area contributed by atoms with Gasteiger partial charge in [-0.15, -0.1) is 0 Å². The zero-order chi connectivity index (χ0) is 26.5. The lowest BCUT2D eigenvalue weighted by atomic mass is 9.96. The van der Waals surface area contributed by atoms with E-state index in [0.29, 0.717) is 17.7 Å². The Bertz CT molecular complexity index is 1120. The van der Waals surface area contributed by atoms with E-state index in [1.807, 2.05) is 0 Å². The minimum atomic E-state index is -3.87. The first-order valence-electron chi connectivity index (χ1n) is 11.8.